The van der Waals surface area contributed by atoms with Crippen molar-refractivity contribution in [2.45, 2.75) is 25.8 Å². The van der Waals surface area contributed by atoms with E-state index in [9.17, 15) is 4.79 Å². The molecule has 1 heterocycles. The molecule has 1 aliphatic heterocycles. The monoisotopic (exact) mass is 292 g/mol. The maximum atomic E-state index is 11.7. The van der Waals surface area contributed by atoms with Crippen LogP contribution < -0.4 is 15.4 Å². The molecule has 1 aromatic carbocycles. The van der Waals surface area contributed by atoms with Gasteiger partial charge in [-0.3, -0.25) is 4.79 Å². The van der Waals surface area contributed by atoms with E-state index in [2.05, 4.69) is 29.7 Å². The van der Waals surface area contributed by atoms with Crippen LogP contribution in [0.25, 0.3) is 0 Å². The molecular formula is C16H24N2O3. The molecule has 1 amide bonds. The van der Waals surface area contributed by atoms with Gasteiger partial charge in [-0.25, -0.2) is 0 Å². The summed E-state index contributed by atoms with van der Waals surface area (Å²) in [5.41, 5.74) is 2.48. The number of carbonyl (C=O) groups is 1. The summed E-state index contributed by atoms with van der Waals surface area (Å²) in [5.74, 6) is 0.987. The first-order valence-corrected chi connectivity index (χ1v) is 7.49. The zero-order chi connectivity index (χ0) is 15.1. The summed E-state index contributed by atoms with van der Waals surface area (Å²) in [6, 6.07) is 6.48. The van der Waals surface area contributed by atoms with Crippen LogP contribution in [0.2, 0.25) is 0 Å². The van der Waals surface area contributed by atoms with Crippen LogP contribution in [0, 0.1) is 0 Å². The second-order valence-electron chi connectivity index (χ2n) is 5.15. The maximum absolute atomic E-state index is 11.7. The fourth-order valence-corrected chi connectivity index (χ4v) is 2.49. The molecule has 2 N–H and O–H groups in total. The van der Waals surface area contributed by atoms with E-state index < -0.39 is 0 Å². The highest BCUT2D eigenvalue weighted by Gasteiger charge is 2.16. The van der Waals surface area contributed by atoms with Crippen molar-refractivity contribution in [3.8, 4) is 5.75 Å². The van der Waals surface area contributed by atoms with E-state index in [1.165, 1.54) is 11.1 Å². The highest BCUT2D eigenvalue weighted by atomic mass is 16.5. The van der Waals surface area contributed by atoms with Crippen molar-refractivity contribution in [2.24, 2.45) is 0 Å². The zero-order valence-electron chi connectivity index (χ0n) is 12.8. The van der Waals surface area contributed by atoms with E-state index >= 15 is 0 Å². The number of methoxy groups -OCH3 is 1. The molecule has 1 unspecified atom stereocenters. The van der Waals surface area contributed by atoms with Gasteiger partial charge in [0.05, 0.1) is 19.8 Å². The summed E-state index contributed by atoms with van der Waals surface area (Å²) in [4.78, 5) is 11.7. The molecule has 0 aromatic heterocycles. The van der Waals surface area contributed by atoms with Crippen LogP contribution in [0.3, 0.4) is 0 Å². The Kier molecular flexibility index (Phi) is 6.02. The third kappa shape index (κ3) is 4.44. The number of hydrogen-bond donors (Lipinski definition) is 2. The zero-order valence-corrected chi connectivity index (χ0v) is 12.8. The Hall–Kier alpha value is -1.59. The Bertz CT molecular complexity index is 477. The Labute approximate surface area is 126 Å². The fraction of sp³-hybridized carbons (Fsp3) is 0.562. The van der Waals surface area contributed by atoms with E-state index in [0.29, 0.717) is 19.7 Å². The number of benzene rings is 1. The lowest BCUT2D eigenvalue weighted by Crippen LogP contribution is -2.37. The Balaban J connectivity index is 1.86. The van der Waals surface area contributed by atoms with Gasteiger partial charge in [0.25, 0.3) is 0 Å². The van der Waals surface area contributed by atoms with Crippen molar-refractivity contribution in [1.29, 1.82) is 0 Å². The highest BCUT2D eigenvalue weighted by Crippen LogP contribution is 2.28. The van der Waals surface area contributed by atoms with Crippen molar-refractivity contribution < 1.29 is 14.3 Å². The Morgan fingerprint density at radius 2 is 2.33 bits per heavy atom. The van der Waals surface area contributed by atoms with Crippen LogP contribution in [0.4, 0.5) is 0 Å². The minimum atomic E-state index is -0.00464. The summed E-state index contributed by atoms with van der Waals surface area (Å²) in [6.45, 7) is 4.28. The molecule has 0 saturated heterocycles. The lowest BCUT2D eigenvalue weighted by molar-refractivity contribution is -0.120. The molecule has 1 atom stereocenters. The van der Waals surface area contributed by atoms with Crippen LogP contribution in [-0.2, 0) is 16.0 Å². The number of nitrogens with one attached hydrogen (secondary N) is 2. The van der Waals surface area contributed by atoms with Gasteiger partial charge < -0.3 is 20.1 Å². The summed E-state index contributed by atoms with van der Waals surface area (Å²) in [7, 11) is 1.62. The van der Waals surface area contributed by atoms with Crippen LogP contribution in [0.5, 0.6) is 5.75 Å². The number of rotatable bonds is 8. The largest absolute Gasteiger partial charge is 0.493 e. The molecule has 1 aliphatic rings. The minimum Gasteiger partial charge on any atom is -0.493 e. The fourth-order valence-electron chi connectivity index (χ4n) is 2.49. The number of hydrogen-bond acceptors (Lipinski definition) is 4. The molecule has 2 rings (SSSR count). The van der Waals surface area contributed by atoms with E-state index in [1.54, 1.807) is 7.11 Å². The summed E-state index contributed by atoms with van der Waals surface area (Å²) >= 11 is 0. The Morgan fingerprint density at radius 1 is 1.48 bits per heavy atom. The van der Waals surface area contributed by atoms with Gasteiger partial charge in [0.1, 0.15) is 5.75 Å². The number of ether oxygens (including phenoxy) is 2. The minimum absolute atomic E-state index is 0.00464. The van der Waals surface area contributed by atoms with E-state index in [0.717, 1.165) is 25.2 Å². The van der Waals surface area contributed by atoms with Crippen molar-refractivity contribution in [3.05, 3.63) is 29.3 Å². The van der Waals surface area contributed by atoms with Crippen LogP contribution >= 0.6 is 0 Å². The smallest absolute Gasteiger partial charge is 0.234 e. The highest BCUT2D eigenvalue weighted by molar-refractivity contribution is 5.78. The topological polar surface area (TPSA) is 59.6 Å². The molecule has 0 radical (unpaired) electrons. The lowest BCUT2D eigenvalue weighted by atomic mass is 10.0. The van der Waals surface area contributed by atoms with Gasteiger partial charge in [0, 0.05) is 26.1 Å². The standard InChI is InChI=1S/C16H24N2O3/c1-3-14(18-11-16(19)17-7-9-20-2)12-4-5-15-13(10-12)6-8-21-15/h4-5,10,14,18H,3,6-9,11H2,1-2H3,(H,17,19). The summed E-state index contributed by atoms with van der Waals surface area (Å²) < 4.78 is 10.4. The molecule has 0 aliphatic carbocycles. The van der Waals surface area contributed by atoms with Crippen LogP contribution in [0.15, 0.2) is 18.2 Å². The van der Waals surface area contributed by atoms with Gasteiger partial charge in [-0.05, 0) is 23.6 Å². The first-order valence-electron chi connectivity index (χ1n) is 7.49. The van der Waals surface area contributed by atoms with Crippen LogP contribution in [-0.4, -0.2) is 39.3 Å². The van der Waals surface area contributed by atoms with Crippen molar-refractivity contribution in [2.75, 3.05) is 33.4 Å². The van der Waals surface area contributed by atoms with Gasteiger partial charge in [0.2, 0.25) is 5.91 Å². The van der Waals surface area contributed by atoms with E-state index in [-0.39, 0.29) is 11.9 Å². The maximum Gasteiger partial charge on any atom is 0.234 e. The van der Waals surface area contributed by atoms with E-state index in [4.69, 9.17) is 9.47 Å². The first kappa shape index (κ1) is 15.8. The quantitative estimate of drug-likeness (QED) is 0.712. The molecule has 116 valence electrons. The second kappa shape index (κ2) is 8.00. The van der Waals surface area contributed by atoms with Gasteiger partial charge in [0.15, 0.2) is 0 Å². The number of fused-ring (bicyclic) bond motifs is 1. The molecule has 0 spiro atoms. The van der Waals surface area contributed by atoms with Gasteiger partial charge in [-0.2, -0.15) is 0 Å². The normalized spacial score (nSPS) is 14.4. The third-order valence-corrected chi connectivity index (χ3v) is 3.66. The average Bonchev–Trinajstić information content (AvgIpc) is 2.96. The number of amides is 1. The van der Waals surface area contributed by atoms with Gasteiger partial charge >= 0.3 is 0 Å². The van der Waals surface area contributed by atoms with Crippen molar-refractivity contribution in [3.63, 3.8) is 0 Å². The predicted molar refractivity (Wildman–Crippen MR) is 81.6 cm³/mol. The van der Waals surface area contributed by atoms with Gasteiger partial charge in [-0.15, -0.1) is 0 Å². The molecule has 21 heavy (non-hydrogen) atoms. The lowest BCUT2D eigenvalue weighted by Gasteiger charge is -2.18. The molecule has 5 heteroatoms. The number of carbonyl (C=O) groups excluding carboxylic acids is 1. The molecule has 1 aromatic rings. The van der Waals surface area contributed by atoms with Gasteiger partial charge in [-0.1, -0.05) is 19.1 Å². The summed E-state index contributed by atoms with van der Waals surface area (Å²) in [6.07, 6.45) is 1.90. The average molecular weight is 292 g/mol. The van der Waals surface area contributed by atoms with Crippen molar-refractivity contribution in [1.82, 2.24) is 10.6 Å². The van der Waals surface area contributed by atoms with Crippen LogP contribution in [0.1, 0.15) is 30.5 Å². The molecular weight excluding hydrogens is 268 g/mol. The second-order valence-corrected chi connectivity index (χ2v) is 5.15. The van der Waals surface area contributed by atoms with E-state index in [1.807, 2.05) is 6.07 Å². The first-order chi connectivity index (χ1) is 10.2. The molecule has 5 nitrogen and oxygen atoms in total. The van der Waals surface area contributed by atoms with Crippen molar-refractivity contribution >= 4 is 5.91 Å². The third-order valence-electron chi connectivity index (χ3n) is 3.66. The molecule has 0 saturated carbocycles. The SMILES string of the molecule is CCC(NCC(=O)NCCOC)c1ccc2c(c1)CCO2. The summed E-state index contributed by atoms with van der Waals surface area (Å²) in [5, 5.41) is 6.12. The Morgan fingerprint density at radius 3 is 3.10 bits per heavy atom. The predicted octanol–water partition coefficient (Wildman–Crippen LogP) is 1.42. The molecule has 0 bridgehead atoms. The molecule has 0 fully saturated rings.